The quantitative estimate of drug-likeness (QED) is 0.287. The second kappa shape index (κ2) is 9.42. The Labute approximate surface area is 186 Å². The second-order valence-corrected chi connectivity index (χ2v) is 10.2. The molecule has 2 fully saturated rings. The van der Waals surface area contributed by atoms with Crippen LogP contribution >= 0.6 is 35.1 Å². The van der Waals surface area contributed by atoms with Gasteiger partial charge in [-0.05, 0) is 48.8 Å². The molecule has 7 heteroatoms. The van der Waals surface area contributed by atoms with Gasteiger partial charge < -0.3 is 5.32 Å². The normalized spacial score (nSPS) is 22.4. The molecule has 1 amide bonds. The molecule has 3 nitrogen and oxygen atoms in total. The monoisotopic (exact) mass is 456 g/mol. The third-order valence-electron chi connectivity index (χ3n) is 6.09. The summed E-state index contributed by atoms with van der Waals surface area (Å²) in [5.41, 5.74) is 0.0517. The Balaban J connectivity index is 1.82. The van der Waals surface area contributed by atoms with Crippen LogP contribution in [0.25, 0.3) is 0 Å². The molecule has 0 radical (unpaired) electrons. The van der Waals surface area contributed by atoms with Gasteiger partial charge in [0.05, 0.1) is 22.0 Å². The summed E-state index contributed by atoms with van der Waals surface area (Å²) in [4.78, 5) is 14.0. The first-order valence-corrected chi connectivity index (χ1v) is 11.5. The summed E-state index contributed by atoms with van der Waals surface area (Å²) in [6, 6.07) is 2.28. The van der Waals surface area contributed by atoms with Gasteiger partial charge in [-0.2, -0.15) is 0 Å². The van der Waals surface area contributed by atoms with Crippen molar-refractivity contribution in [2.24, 2.45) is 11.3 Å². The van der Waals surface area contributed by atoms with Gasteiger partial charge in [-0.25, -0.2) is 8.70 Å². The molecule has 0 aromatic heterocycles. The third kappa shape index (κ3) is 5.01. The topological polar surface area (TPSA) is 32.3 Å². The average molecular weight is 457 g/mol. The first-order valence-electron chi connectivity index (χ1n) is 9.93. The molecule has 29 heavy (non-hydrogen) atoms. The van der Waals surface area contributed by atoms with Crippen LogP contribution in [-0.2, 0) is 4.79 Å². The number of halogens is 3. The molecular formula is C22H27Cl2FN2OS. The van der Waals surface area contributed by atoms with Crippen molar-refractivity contribution in [2.75, 3.05) is 13.1 Å². The first-order chi connectivity index (χ1) is 13.7. The standard InChI is InChI=1S/C22H27Cl2FN2OS/c1-4-14(2)29-27-12-9-15(13-27)21(28)26-20(22(3)10-5-6-11-22)18-17(25)8-7-16(23)19(18)24/h4,7-8,15,20H,1-2,5-6,9-13H2,3H3,(H,26,28)/t15-,20?/m1/s1. The number of carbonyl (C=O) groups is 1. The zero-order chi connectivity index (χ0) is 21.2. The van der Waals surface area contributed by atoms with E-state index < -0.39 is 11.9 Å². The Kier molecular flexibility index (Phi) is 7.36. The summed E-state index contributed by atoms with van der Waals surface area (Å²) in [6.07, 6.45) is 6.38. The van der Waals surface area contributed by atoms with Crippen molar-refractivity contribution in [3.05, 3.63) is 57.7 Å². The van der Waals surface area contributed by atoms with Crippen LogP contribution in [0.3, 0.4) is 0 Å². The number of nitrogens with one attached hydrogen (secondary N) is 1. The molecule has 2 aliphatic rings. The van der Waals surface area contributed by atoms with Crippen LogP contribution in [0.1, 0.15) is 50.6 Å². The molecule has 2 atom stereocenters. The molecule has 0 bridgehead atoms. The van der Waals surface area contributed by atoms with Crippen molar-refractivity contribution >= 4 is 41.1 Å². The Hall–Kier alpha value is -1.01. The Morgan fingerprint density at radius 2 is 2.10 bits per heavy atom. The molecule has 1 aliphatic carbocycles. The molecule has 158 valence electrons. The smallest absolute Gasteiger partial charge is 0.224 e. The SMILES string of the molecule is C=CC(=C)SN1CC[C@@H](C(=O)NC(c2c(F)ccc(Cl)c2Cl)C2(C)CCCC2)C1. The number of hydrogen-bond donors (Lipinski definition) is 1. The van der Waals surface area contributed by atoms with E-state index in [-0.39, 0.29) is 22.3 Å². The Morgan fingerprint density at radius 3 is 2.76 bits per heavy atom. The molecule has 1 aromatic carbocycles. The molecule has 0 spiro atoms. The predicted octanol–water partition coefficient (Wildman–Crippen LogP) is 6.54. The van der Waals surface area contributed by atoms with Crippen LogP contribution in [0.5, 0.6) is 0 Å². The summed E-state index contributed by atoms with van der Waals surface area (Å²) in [7, 11) is 0. The van der Waals surface area contributed by atoms with Crippen LogP contribution in [0.4, 0.5) is 4.39 Å². The molecule has 1 aliphatic heterocycles. The molecule has 1 N–H and O–H groups in total. The molecule has 1 saturated heterocycles. The van der Waals surface area contributed by atoms with Gasteiger partial charge in [-0.3, -0.25) is 4.79 Å². The summed E-state index contributed by atoms with van der Waals surface area (Å²) < 4.78 is 17.0. The van der Waals surface area contributed by atoms with Crippen molar-refractivity contribution in [2.45, 2.75) is 45.1 Å². The average Bonchev–Trinajstić information content (AvgIpc) is 3.34. The van der Waals surface area contributed by atoms with Crippen LogP contribution < -0.4 is 5.32 Å². The van der Waals surface area contributed by atoms with Crippen LogP contribution in [-0.4, -0.2) is 23.3 Å². The fourth-order valence-corrected chi connectivity index (χ4v) is 5.65. The zero-order valence-corrected chi connectivity index (χ0v) is 19.0. The number of rotatable bonds is 7. The highest BCUT2D eigenvalue weighted by Gasteiger charge is 2.42. The van der Waals surface area contributed by atoms with E-state index in [1.54, 1.807) is 6.08 Å². The maximum atomic E-state index is 14.9. The maximum Gasteiger partial charge on any atom is 0.224 e. The van der Waals surface area contributed by atoms with Crippen molar-refractivity contribution in [3.8, 4) is 0 Å². The second-order valence-electron chi connectivity index (χ2n) is 8.19. The minimum absolute atomic E-state index is 0.0640. The van der Waals surface area contributed by atoms with Crippen molar-refractivity contribution in [1.82, 2.24) is 9.62 Å². The van der Waals surface area contributed by atoms with Gasteiger partial charge >= 0.3 is 0 Å². The lowest BCUT2D eigenvalue weighted by atomic mass is 9.76. The molecule has 3 rings (SSSR count). The molecule has 1 saturated carbocycles. The van der Waals surface area contributed by atoms with Gasteiger partial charge in [0.1, 0.15) is 5.82 Å². The van der Waals surface area contributed by atoms with E-state index in [9.17, 15) is 9.18 Å². The van der Waals surface area contributed by atoms with Crippen LogP contribution in [0.2, 0.25) is 10.0 Å². The lowest BCUT2D eigenvalue weighted by Crippen LogP contribution is -2.42. The van der Waals surface area contributed by atoms with Gasteiger partial charge in [-0.15, -0.1) is 0 Å². The molecule has 1 unspecified atom stereocenters. The lowest BCUT2D eigenvalue weighted by molar-refractivity contribution is -0.126. The number of allylic oxidation sites excluding steroid dienone is 1. The highest BCUT2D eigenvalue weighted by Crippen LogP contribution is 2.50. The summed E-state index contributed by atoms with van der Waals surface area (Å²) >= 11 is 14.1. The predicted molar refractivity (Wildman–Crippen MR) is 120 cm³/mol. The van der Waals surface area contributed by atoms with Gasteiger partial charge in [0.25, 0.3) is 0 Å². The van der Waals surface area contributed by atoms with Crippen molar-refractivity contribution in [3.63, 3.8) is 0 Å². The van der Waals surface area contributed by atoms with E-state index in [0.717, 1.165) is 43.6 Å². The lowest BCUT2D eigenvalue weighted by Gasteiger charge is -2.36. The van der Waals surface area contributed by atoms with E-state index in [2.05, 4.69) is 29.7 Å². The van der Waals surface area contributed by atoms with Gasteiger partial charge in [0.2, 0.25) is 5.91 Å². The highest BCUT2D eigenvalue weighted by atomic mass is 35.5. The molecule has 1 aromatic rings. The van der Waals surface area contributed by atoms with Crippen LogP contribution in [0, 0.1) is 17.2 Å². The van der Waals surface area contributed by atoms with Gasteiger partial charge in [0, 0.05) is 23.6 Å². The number of amides is 1. The number of benzene rings is 1. The van der Waals surface area contributed by atoms with E-state index in [4.69, 9.17) is 23.2 Å². The highest BCUT2D eigenvalue weighted by molar-refractivity contribution is 8.01. The Morgan fingerprint density at radius 1 is 1.41 bits per heavy atom. The summed E-state index contributed by atoms with van der Waals surface area (Å²) in [5.74, 6) is -0.650. The van der Waals surface area contributed by atoms with Crippen molar-refractivity contribution in [1.29, 1.82) is 0 Å². The number of nitrogens with zero attached hydrogens (tertiary/aromatic N) is 1. The van der Waals surface area contributed by atoms with Crippen molar-refractivity contribution < 1.29 is 9.18 Å². The minimum atomic E-state index is -0.506. The zero-order valence-electron chi connectivity index (χ0n) is 16.6. The Bertz CT molecular complexity index is 810. The van der Waals surface area contributed by atoms with E-state index in [1.807, 2.05) is 0 Å². The van der Waals surface area contributed by atoms with E-state index >= 15 is 0 Å². The minimum Gasteiger partial charge on any atom is -0.348 e. The van der Waals surface area contributed by atoms with Gasteiger partial charge in [-0.1, -0.05) is 62.2 Å². The molecule has 1 heterocycles. The van der Waals surface area contributed by atoms with Crippen LogP contribution in [0.15, 0.2) is 36.3 Å². The summed E-state index contributed by atoms with van der Waals surface area (Å²) in [5, 5.41) is 3.65. The number of carbonyl (C=O) groups excluding carboxylic acids is 1. The van der Waals surface area contributed by atoms with E-state index in [1.165, 1.54) is 24.1 Å². The summed E-state index contributed by atoms with van der Waals surface area (Å²) in [6.45, 7) is 11.2. The van der Waals surface area contributed by atoms with Gasteiger partial charge in [0.15, 0.2) is 0 Å². The third-order valence-corrected chi connectivity index (χ3v) is 7.90. The maximum absolute atomic E-state index is 14.9. The number of hydrogen-bond acceptors (Lipinski definition) is 3. The fraction of sp³-hybridized carbons (Fsp3) is 0.500. The molecular weight excluding hydrogens is 430 g/mol. The largest absolute Gasteiger partial charge is 0.348 e. The fourth-order valence-electron chi connectivity index (χ4n) is 4.36. The first kappa shape index (κ1) is 22.7. The van der Waals surface area contributed by atoms with E-state index in [0.29, 0.717) is 17.1 Å².